The number of hydrogen-bond donors (Lipinski definition) is 2. The van der Waals surface area contributed by atoms with Crippen molar-refractivity contribution in [2.45, 2.75) is 39.5 Å². The molecule has 0 aromatic heterocycles. The second-order valence-electron chi connectivity index (χ2n) is 7.63. The maximum absolute atomic E-state index is 12.6. The summed E-state index contributed by atoms with van der Waals surface area (Å²) in [6, 6.07) is 14.6. The van der Waals surface area contributed by atoms with Gasteiger partial charge in [0.1, 0.15) is 0 Å². The summed E-state index contributed by atoms with van der Waals surface area (Å²) in [5.74, 6) is -0.451. The third kappa shape index (κ3) is 6.20. The molecular weight excluding hydrogens is 352 g/mol. The predicted octanol–water partition coefficient (Wildman–Crippen LogP) is 4.39. The first-order chi connectivity index (χ1) is 13.3. The van der Waals surface area contributed by atoms with Crippen LogP contribution in [0.15, 0.2) is 48.5 Å². The Morgan fingerprint density at radius 2 is 1.64 bits per heavy atom. The minimum absolute atomic E-state index is 0.0296. The number of carbonyl (C=O) groups excluding carboxylic acids is 2. The van der Waals surface area contributed by atoms with Crippen LogP contribution in [0.4, 0.5) is 5.69 Å². The van der Waals surface area contributed by atoms with Gasteiger partial charge in [-0.3, -0.25) is 9.59 Å². The number of benzene rings is 2. The lowest BCUT2D eigenvalue weighted by Gasteiger charge is -2.19. The molecule has 0 aliphatic heterocycles. The Kier molecular flexibility index (Phi) is 7.76. The summed E-state index contributed by atoms with van der Waals surface area (Å²) >= 11 is 0. The summed E-state index contributed by atoms with van der Waals surface area (Å²) in [6.45, 7) is 10.1. The third-order valence-corrected chi connectivity index (χ3v) is 4.39. The second kappa shape index (κ2) is 10.0. The lowest BCUT2D eigenvalue weighted by molar-refractivity contribution is 0.0945. The van der Waals surface area contributed by atoms with Crippen LogP contribution in [-0.4, -0.2) is 31.6 Å². The van der Waals surface area contributed by atoms with E-state index < -0.39 is 0 Å². The lowest BCUT2D eigenvalue weighted by atomic mass is 9.86. The van der Waals surface area contributed by atoms with Gasteiger partial charge in [0, 0.05) is 25.3 Å². The summed E-state index contributed by atoms with van der Waals surface area (Å²) < 4.78 is 5.27. The van der Waals surface area contributed by atoms with Crippen molar-refractivity contribution in [2.24, 2.45) is 0 Å². The molecule has 2 N–H and O–H groups in total. The van der Waals surface area contributed by atoms with Crippen molar-refractivity contribution in [3.05, 3.63) is 65.2 Å². The molecule has 0 saturated heterocycles. The molecule has 2 amide bonds. The standard InChI is InChI=1S/C23H30N2O3/c1-5-28-16-8-15-24-22(27)19-9-6-7-10-20(19)25-21(26)17-11-13-18(14-12-17)23(2,3)4/h6-7,9-14H,5,8,15-16H2,1-4H3,(H,24,27)(H,25,26). The highest BCUT2D eigenvalue weighted by atomic mass is 16.5. The van der Waals surface area contributed by atoms with Gasteiger partial charge in [-0.15, -0.1) is 0 Å². The van der Waals surface area contributed by atoms with Gasteiger partial charge in [-0.05, 0) is 48.6 Å². The van der Waals surface area contributed by atoms with Gasteiger partial charge in [0.25, 0.3) is 11.8 Å². The van der Waals surface area contributed by atoms with Gasteiger partial charge in [-0.1, -0.05) is 45.0 Å². The van der Waals surface area contributed by atoms with E-state index in [0.29, 0.717) is 36.6 Å². The van der Waals surface area contributed by atoms with Crippen LogP contribution in [0.2, 0.25) is 0 Å². The highest BCUT2D eigenvalue weighted by Gasteiger charge is 2.16. The van der Waals surface area contributed by atoms with E-state index in [1.54, 1.807) is 24.3 Å². The van der Waals surface area contributed by atoms with Gasteiger partial charge in [-0.25, -0.2) is 0 Å². The van der Waals surface area contributed by atoms with Crippen molar-refractivity contribution >= 4 is 17.5 Å². The normalized spacial score (nSPS) is 11.1. The maximum atomic E-state index is 12.6. The topological polar surface area (TPSA) is 67.4 Å². The molecule has 0 saturated carbocycles. The molecule has 0 radical (unpaired) electrons. The van der Waals surface area contributed by atoms with Crippen molar-refractivity contribution in [3.8, 4) is 0 Å². The molecule has 0 spiro atoms. The number of ether oxygens (including phenoxy) is 1. The first kappa shape index (κ1) is 21.6. The molecule has 2 rings (SSSR count). The minimum Gasteiger partial charge on any atom is -0.382 e. The zero-order valence-electron chi connectivity index (χ0n) is 17.2. The van der Waals surface area contributed by atoms with Crippen LogP contribution < -0.4 is 10.6 Å². The molecule has 2 aromatic rings. The van der Waals surface area contributed by atoms with Gasteiger partial charge in [0.05, 0.1) is 11.3 Å². The van der Waals surface area contributed by atoms with Gasteiger partial charge in [0.2, 0.25) is 0 Å². The van der Waals surface area contributed by atoms with Crippen LogP contribution in [-0.2, 0) is 10.2 Å². The Balaban J connectivity index is 2.04. The number of anilines is 1. The molecule has 0 aliphatic rings. The lowest BCUT2D eigenvalue weighted by Crippen LogP contribution is -2.26. The van der Waals surface area contributed by atoms with Crippen molar-refractivity contribution in [3.63, 3.8) is 0 Å². The van der Waals surface area contributed by atoms with Crippen LogP contribution in [0.5, 0.6) is 0 Å². The summed E-state index contributed by atoms with van der Waals surface area (Å²) in [6.07, 6.45) is 0.744. The first-order valence-corrected chi connectivity index (χ1v) is 9.69. The maximum Gasteiger partial charge on any atom is 0.255 e. The van der Waals surface area contributed by atoms with E-state index in [0.717, 1.165) is 12.0 Å². The Morgan fingerprint density at radius 1 is 0.964 bits per heavy atom. The van der Waals surface area contributed by atoms with Gasteiger partial charge in [0.15, 0.2) is 0 Å². The summed E-state index contributed by atoms with van der Waals surface area (Å²) in [4.78, 5) is 25.1. The van der Waals surface area contributed by atoms with Crippen LogP contribution in [0.25, 0.3) is 0 Å². The molecule has 0 atom stereocenters. The van der Waals surface area contributed by atoms with E-state index in [-0.39, 0.29) is 17.2 Å². The fourth-order valence-electron chi connectivity index (χ4n) is 2.72. The van der Waals surface area contributed by atoms with Crippen molar-refractivity contribution < 1.29 is 14.3 Å². The average molecular weight is 383 g/mol. The number of amides is 2. The molecule has 5 nitrogen and oxygen atoms in total. The zero-order chi connectivity index (χ0) is 20.6. The third-order valence-electron chi connectivity index (χ3n) is 4.39. The summed E-state index contributed by atoms with van der Waals surface area (Å²) in [7, 11) is 0. The highest BCUT2D eigenvalue weighted by Crippen LogP contribution is 2.23. The molecule has 0 unspecified atom stereocenters. The number of rotatable bonds is 8. The monoisotopic (exact) mass is 382 g/mol. The molecule has 5 heteroatoms. The van der Waals surface area contributed by atoms with Crippen molar-refractivity contribution in [2.75, 3.05) is 25.1 Å². The predicted molar refractivity (Wildman–Crippen MR) is 113 cm³/mol. The minimum atomic E-state index is -0.239. The van der Waals surface area contributed by atoms with E-state index in [2.05, 4.69) is 31.4 Å². The fraction of sp³-hybridized carbons (Fsp3) is 0.391. The van der Waals surface area contributed by atoms with Crippen LogP contribution in [0, 0.1) is 0 Å². The molecule has 28 heavy (non-hydrogen) atoms. The van der Waals surface area contributed by atoms with Crippen LogP contribution >= 0.6 is 0 Å². The van der Waals surface area contributed by atoms with Gasteiger partial charge in [-0.2, -0.15) is 0 Å². The van der Waals surface area contributed by atoms with E-state index in [1.165, 1.54) is 0 Å². The number of nitrogens with one attached hydrogen (secondary N) is 2. The van der Waals surface area contributed by atoms with E-state index >= 15 is 0 Å². The number of hydrogen-bond acceptors (Lipinski definition) is 3. The first-order valence-electron chi connectivity index (χ1n) is 9.69. The number of carbonyl (C=O) groups is 2. The van der Waals surface area contributed by atoms with Gasteiger partial charge < -0.3 is 15.4 Å². The highest BCUT2D eigenvalue weighted by molar-refractivity contribution is 6.09. The molecule has 0 bridgehead atoms. The number of para-hydroxylation sites is 1. The van der Waals surface area contributed by atoms with E-state index in [9.17, 15) is 9.59 Å². The molecule has 0 fully saturated rings. The molecular formula is C23H30N2O3. The molecule has 0 heterocycles. The second-order valence-corrected chi connectivity index (χ2v) is 7.63. The van der Waals surface area contributed by atoms with Crippen molar-refractivity contribution in [1.29, 1.82) is 0 Å². The fourth-order valence-corrected chi connectivity index (χ4v) is 2.72. The SMILES string of the molecule is CCOCCCNC(=O)c1ccccc1NC(=O)c1ccc(C(C)(C)C)cc1. The van der Waals surface area contributed by atoms with E-state index in [4.69, 9.17) is 4.74 Å². The van der Waals surface area contributed by atoms with Crippen molar-refractivity contribution in [1.82, 2.24) is 5.32 Å². The Bertz CT molecular complexity index is 792. The largest absolute Gasteiger partial charge is 0.382 e. The van der Waals surface area contributed by atoms with Crippen LogP contribution in [0.3, 0.4) is 0 Å². The molecule has 0 aliphatic carbocycles. The summed E-state index contributed by atoms with van der Waals surface area (Å²) in [5, 5.41) is 5.72. The van der Waals surface area contributed by atoms with Crippen LogP contribution in [0.1, 0.15) is 60.4 Å². The average Bonchev–Trinajstić information content (AvgIpc) is 2.67. The molecule has 150 valence electrons. The Morgan fingerprint density at radius 3 is 2.29 bits per heavy atom. The summed E-state index contributed by atoms with van der Waals surface area (Å²) in [5.41, 5.74) is 2.69. The Labute approximate surface area is 167 Å². The Hall–Kier alpha value is -2.66. The quantitative estimate of drug-likeness (QED) is 0.665. The smallest absolute Gasteiger partial charge is 0.255 e. The van der Waals surface area contributed by atoms with Gasteiger partial charge >= 0.3 is 0 Å². The van der Waals surface area contributed by atoms with E-state index in [1.807, 2.05) is 31.2 Å². The molecule has 2 aromatic carbocycles. The zero-order valence-corrected chi connectivity index (χ0v) is 17.2.